The number of nitrogens with one attached hydrogen (secondary N) is 1. The minimum atomic E-state index is -0.157. The van der Waals surface area contributed by atoms with Crippen molar-refractivity contribution in [3.8, 4) is 0 Å². The van der Waals surface area contributed by atoms with Gasteiger partial charge in [-0.05, 0) is 38.5 Å². The molecule has 3 heterocycles. The van der Waals surface area contributed by atoms with Crippen LogP contribution in [0, 0.1) is 5.92 Å². The SMILES string of the molecule is CC1(C)OCCC1CNC(=O)c1cccn2nccc12. The number of hydrogen-bond acceptors (Lipinski definition) is 3. The zero-order valence-electron chi connectivity index (χ0n) is 11.8. The lowest BCUT2D eigenvalue weighted by atomic mass is 9.91. The molecule has 0 aromatic carbocycles. The molecule has 0 saturated carbocycles. The molecule has 1 N–H and O–H groups in total. The first-order valence-electron chi connectivity index (χ1n) is 6.92. The first-order valence-corrected chi connectivity index (χ1v) is 6.92. The van der Waals surface area contributed by atoms with Crippen molar-refractivity contribution in [2.24, 2.45) is 5.92 Å². The van der Waals surface area contributed by atoms with E-state index in [-0.39, 0.29) is 11.5 Å². The number of carbonyl (C=O) groups excluding carboxylic acids is 1. The van der Waals surface area contributed by atoms with Gasteiger partial charge in [-0.15, -0.1) is 0 Å². The van der Waals surface area contributed by atoms with E-state index < -0.39 is 0 Å². The van der Waals surface area contributed by atoms with Gasteiger partial charge in [0.15, 0.2) is 0 Å². The molecule has 1 aliphatic rings. The molecule has 1 amide bonds. The smallest absolute Gasteiger partial charge is 0.253 e. The van der Waals surface area contributed by atoms with E-state index in [0.29, 0.717) is 18.0 Å². The Morgan fingerprint density at radius 2 is 2.40 bits per heavy atom. The van der Waals surface area contributed by atoms with E-state index in [0.717, 1.165) is 18.5 Å². The Labute approximate surface area is 117 Å². The minimum Gasteiger partial charge on any atom is -0.375 e. The number of amides is 1. The van der Waals surface area contributed by atoms with Crippen LogP contribution < -0.4 is 5.32 Å². The predicted octanol–water partition coefficient (Wildman–Crippen LogP) is 1.88. The molecule has 0 bridgehead atoms. The van der Waals surface area contributed by atoms with Crippen molar-refractivity contribution in [1.82, 2.24) is 14.9 Å². The van der Waals surface area contributed by atoms with Crippen molar-refractivity contribution in [2.75, 3.05) is 13.2 Å². The maximum Gasteiger partial charge on any atom is 0.253 e. The number of aromatic nitrogens is 2. The van der Waals surface area contributed by atoms with E-state index >= 15 is 0 Å². The van der Waals surface area contributed by atoms with Crippen LogP contribution in [0.5, 0.6) is 0 Å². The van der Waals surface area contributed by atoms with E-state index in [4.69, 9.17) is 4.74 Å². The molecule has 1 atom stereocenters. The highest BCUT2D eigenvalue weighted by molar-refractivity contribution is 6.00. The van der Waals surface area contributed by atoms with Gasteiger partial charge in [0, 0.05) is 25.3 Å². The van der Waals surface area contributed by atoms with Gasteiger partial charge in [0.1, 0.15) is 0 Å². The fourth-order valence-electron chi connectivity index (χ4n) is 2.73. The van der Waals surface area contributed by atoms with Crippen molar-refractivity contribution in [3.63, 3.8) is 0 Å². The Morgan fingerprint density at radius 3 is 3.15 bits per heavy atom. The van der Waals surface area contributed by atoms with Gasteiger partial charge in [0.25, 0.3) is 5.91 Å². The maximum atomic E-state index is 12.3. The molecule has 1 saturated heterocycles. The number of pyridine rings is 1. The van der Waals surface area contributed by atoms with Crippen LogP contribution in [0.15, 0.2) is 30.6 Å². The number of rotatable bonds is 3. The second kappa shape index (κ2) is 4.90. The second-order valence-corrected chi connectivity index (χ2v) is 5.73. The van der Waals surface area contributed by atoms with Crippen LogP contribution >= 0.6 is 0 Å². The lowest BCUT2D eigenvalue weighted by molar-refractivity contribution is 0.0115. The molecular weight excluding hydrogens is 254 g/mol. The van der Waals surface area contributed by atoms with Crippen LogP contribution in [-0.4, -0.2) is 34.3 Å². The second-order valence-electron chi connectivity index (χ2n) is 5.73. The summed E-state index contributed by atoms with van der Waals surface area (Å²) in [5, 5.41) is 7.16. The first-order chi connectivity index (χ1) is 9.58. The van der Waals surface area contributed by atoms with Crippen LogP contribution in [0.1, 0.15) is 30.6 Å². The van der Waals surface area contributed by atoms with Crippen molar-refractivity contribution in [1.29, 1.82) is 0 Å². The molecule has 1 aliphatic heterocycles. The Hall–Kier alpha value is -1.88. The minimum absolute atomic E-state index is 0.0567. The summed E-state index contributed by atoms with van der Waals surface area (Å²) in [7, 11) is 0. The quantitative estimate of drug-likeness (QED) is 0.929. The largest absolute Gasteiger partial charge is 0.375 e. The normalized spacial score (nSPS) is 21.2. The van der Waals surface area contributed by atoms with Gasteiger partial charge in [0.05, 0.1) is 22.9 Å². The van der Waals surface area contributed by atoms with Crippen molar-refractivity contribution >= 4 is 11.4 Å². The van der Waals surface area contributed by atoms with Crippen LogP contribution in [0.3, 0.4) is 0 Å². The third-order valence-electron chi connectivity index (χ3n) is 4.11. The zero-order valence-corrected chi connectivity index (χ0v) is 11.8. The molecular formula is C15H19N3O2. The lowest BCUT2D eigenvalue weighted by Gasteiger charge is -2.25. The van der Waals surface area contributed by atoms with E-state index in [9.17, 15) is 4.79 Å². The monoisotopic (exact) mass is 273 g/mol. The van der Waals surface area contributed by atoms with Crippen molar-refractivity contribution < 1.29 is 9.53 Å². The van der Waals surface area contributed by atoms with E-state index in [1.807, 2.05) is 24.4 Å². The van der Waals surface area contributed by atoms with Crippen LogP contribution in [0.2, 0.25) is 0 Å². The van der Waals surface area contributed by atoms with Crippen LogP contribution in [0.4, 0.5) is 0 Å². The molecule has 2 aromatic rings. The van der Waals surface area contributed by atoms with Gasteiger partial charge in [-0.1, -0.05) is 0 Å². The lowest BCUT2D eigenvalue weighted by Crippen LogP contribution is -2.37. The summed E-state index contributed by atoms with van der Waals surface area (Å²) < 4.78 is 7.39. The summed E-state index contributed by atoms with van der Waals surface area (Å²) in [6, 6.07) is 5.50. The number of carbonyl (C=O) groups is 1. The maximum absolute atomic E-state index is 12.3. The molecule has 1 unspecified atom stereocenters. The third kappa shape index (κ3) is 2.29. The Morgan fingerprint density at radius 1 is 1.55 bits per heavy atom. The molecule has 5 heteroatoms. The molecule has 5 nitrogen and oxygen atoms in total. The molecule has 3 rings (SSSR count). The highest BCUT2D eigenvalue weighted by Crippen LogP contribution is 2.30. The summed E-state index contributed by atoms with van der Waals surface area (Å²) in [4.78, 5) is 12.3. The van der Waals surface area contributed by atoms with E-state index in [1.54, 1.807) is 10.7 Å². The summed E-state index contributed by atoms with van der Waals surface area (Å²) in [5.74, 6) is 0.301. The van der Waals surface area contributed by atoms with E-state index in [2.05, 4.69) is 24.3 Å². The summed E-state index contributed by atoms with van der Waals surface area (Å²) in [6.45, 7) is 5.57. The molecule has 20 heavy (non-hydrogen) atoms. The van der Waals surface area contributed by atoms with Gasteiger partial charge < -0.3 is 10.1 Å². The predicted molar refractivity (Wildman–Crippen MR) is 75.7 cm³/mol. The number of hydrogen-bond donors (Lipinski definition) is 1. The molecule has 2 aromatic heterocycles. The van der Waals surface area contributed by atoms with Gasteiger partial charge >= 0.3 is 0 Å². The average Bonchev–Trinajstić information content (AvgIpc) is 3.01. The van der Waals surface area contributed by atoms with Gasteiger partial charge in [0.2, 0.25) is 0 Å². The van der Waals surface area contributed by atoms with Crippen LogP contribution in [-0.2, 0) is 4.74 Å². The number of nitrogens with zero attached hydrogens (tertiary/aromatic N) is 2. The Kier molecular flexibility index (Phi) is 3.22. The summed E-state index contributed by atoms with van der Waals surface area (Å²) in [6.07, 6.45) is 4.52. The standard InChI is InChI=1S/C15H19N3O2/c1-15(2)11(6-9-20-15)10-16-14(19)12-4-3-8-18-13(12)5-7-17-18/h3-5,7-8,11H,6,9-10H2,1-2H3,(H,16,19). The van der Waals surface area contributed by atoms with Crippen LogP contribution in [0.25, 0.3) is 5.52 Å². The van der Waals surface area contributed by atoms with Gasteiger partial charge in [-0.2, -0.15) is 5.10 Å². The zero-order chi connectivity index (χ0) is 14.2. The van der Waals surface area contributed by atoms with Crippen molar-refractivity contribution in [3.05, 3.63) is 36.2 Å². The van der Waals surface area contributed by atoms with Gasteiger partial charge in [-0.25, -0.2) is 4.52 Å². The molecule has 1 fully saturated rings. The summed E-state index contributed by atoms with van der Waals surface area (Å²) >= 11 is 0. The fraction of sp³-hybridized carbons (Fsp3) is 0.467. The number of fused-ring (bicyclic) bond motifs is 1. The average molecular weight is 273 g/mol. The van der Waals surface area contributed by atoms with E-state index in [1.165, 1.54) is 0 Å². The molecule has 106 valence electrons. The number of ether oxygens (including phenoxy) is 1. The fourth-order valence-corrected chi connectivity index (χ4v) is 2.73. The first kappa shape index (κ1) is 13.1. The molecule has 0 spiro atoms. The molecule has 0 radical (unpaired) electrons. The summed E-state index contributed by atoms with van der Waals surface area (Å²) in [5.41, 5.74) is 1.32. The topological polar surface area (TPSA) is 55.6 Å². The van der Waals surface area contributed by atoms with Crippen molar-refractivity contribution in [2.45, 2.75) is 25.9 Å². The Balaban J connectivity index is 1.72. The van der Waals surface area contributed by atoms with Gasteiger partial charge in [-0.3, -0.25) is 4.79 Å². The third-order valence-corrected chi connectivity index (χ3v) is 4.11. The highest BCUT2D eigenvalue weighted by atomic mass is 16.5. The highest BCUT2D eigenvalue weighted by Gasteiger charge is 2.35. The Bertz CT molecular complexity index is 633. The molecule has 0 aliphatic carbocycles.